The molecule has 0 saturated carbocycles. The molecule has 1 rings (SSSR count). The highest BCUT2D eigenvalue weighted by molar-refractivity contribution is 6.67. The fourth-order valence-electron chi connectivity index (χ4n) is 1.27. The third-order valence-electron chi connectivity index (χ3n) is 2.23. The van der Waals surface area contributed by atoms with Crippen LogP contribution in [0.1, 0.15) is 12.5 Å². The second-order valence-corrected chi connectivity index (χ2v) is 4.82. The van der Waals surface area contributed by atoms with Crippen LogP contribution in [0.4, 0.5) is 0 Å². The van der Waals surface area contributed by atoms with Crippen molar-refractivity contribution in [1.82, 2.24) is 0 Å². The lowest BCUT2D eigenvalue weighted by molar-refractivity contribution is -0.136. The maximum Gasteiger partial charge on any atom is 0.364 e. The number of hydrogen-bond donors (Lipinski definition) is 0. The first-order chi connectivity index (χ1) is 9.99. The standard InChI is InChI=1S/C13H12Cl3NO4/c1-2-20-13(19)12(11(18)6-14)17-21-7-8-3-4-9(15)10(16)5-8/h3-5H,2,6-7H2,1H3/b17-12-. The van der Waals surface area contributed by atoms with Crippen LogP contribution in [0.15, 0.2) is 23.4 Å². The second kappa shape index (κ2) is 8.87. The van der Waals surface area contributed by atoms with Gasteiger partial charge < -0.3 is 9.57 Å². The fraction of sp³-hybridized carbons (Fsp3) is 0.308. The molecule has 0 atom stereocenters. The first-order valence-electron chi connectivity index (χ1n) is 5.89. The van der Waals surface area contributed by atoms with Crippen molar-refractivity contribution in [2.45, 2.75) is 13.5 Å². The van der Waals surface area contributed by atoms with Gasteiger partial charge in [0.15, 0.2) is 0 Å². The van der Waals surface area contributed by atoms with Gasteiger partial charge in [-0.25, -0.2) is 4.79 Å². The van der Waals surface area contributed by atoms with Crippen LogP contribution in [-0.4, -0.2) is 30.0 Å². The number of benzene rings is 1. The maximum atomic E-state index is 11.5. The predicted octanol–water partition coefficient (Wildman–Crippen LogP) is 3.24. The number of hydrogen-bond acceptors (Lipinski definition) is 5. The Morgan fingerprint density at radius 1 is 1.24 bits per heavy atom. The number of carbonyl (C=O) groups is 2. The zero-order valence-corrected chi connectivity index (χ0v) is 13.3. The van der Waals surface area contributed by atoms with Crippen LogP contribution < -0.4 is 0 Å². The van der Waals surface area contributed by atoms with E-state index in [1.165, 1.54) is 0 Å². The Bertz CT molecular complexity index is 560. The maximum absolute atomic E-state index is 11.5. The van der Waals surface area contributed by atoms with Gasteiger partial charge in [0.05, 0.1) is 22.5 Å². The van der Waals surface area contributed by atoms with Gasteiger partial charge in [-0.1, -0.05) is 34.4 Å². The van der Waals surface area contributed by atoms with E-state index in [-0.39, 0.29) is 13.2 Å². The van der Waals surface area contributed by atoms with Crippen LogP contribution in [0.3, 0.4) is 0 Å². The minimum Gasteiger partial charge on any atom is -0.461 e. The van der Waals surface area contributed by atoms with Crippen molar-refractivity contribution >= 4 is 52.3 Å². The summed E-state index contributed by atoms with van der Waals surface area (Å²) in [6, 6.07) is 4.87. The Labute approximate surface area is 136 Å². The fourth-order valence-corrected chi connectivity index (χ4v) is 1.71. The van der Waals surface area contributed by atoms with E-state index in [1.807, 2.05) is 0 Å². The van der Waals surface area contributed by atoms with Gasteiger partial charge >= 0.3 is 5.97 Å². The first kappa shape index (κ1) is 17.8. The van der Waals surface area contributed by atoms with Crippen LogP contribution in [0.5, 0.6) is 0 Å². The Kier molecular flexibility index (Phi) is 7.50. The van der Waals surface area contributed by atoms with E-state index in [1.54, 1.807) is 25.1 Å². The molecule has 0 heterocycles. The van der Waals surface area contributed by atoms with Gasteiger partial charge in [-0.3, -0.25) is 4.79 Å². The predicted molar refractivity (Wildman–Crippen MR) is 81.0 cm³/mol. The highest BCUT2D eigenvalue weighted by Crippen LogP contribution is 2.22. The molecular formula is C13H12Cl3NO4. The van der Waals surface area contributed by atoms with Crippen LogP contribution in [0.2, 0.25) is 10.0 Å². The number of ketones is 1. The molecule has 1 aromatic rings. The zero-order chi connectivity index (χ0) is 15.8. The van der Waals surface area contributed by atoms with E-state index < -0.39 is 23.3 Å². The molecule has 21 heavy (non-hydrogen) atoms. The highest BCUT2D eigenvalue weighted by Gasteiger charge is 2.22. The molecule has 0 aromatic heterocycles. The first-order valence-corrected chi connectivity index (χ1v) is 7.18. The van der Waals surface area contributed by atoms with Gasteiger partial charge in [-0.05, 0) is 24.6 Å². The molecule has 0 aliphatic rings. The van der Waals surface area contributed by atoms with E-state index in [0.29, 0.717) is 15.6 Å². The number of alkyl halides is 1. The minimum absolute atomic E-state index is 0.00929. The summed E-state index contributed by atoms with van der Waals surface area (Å²) in [7, 11) is 0. The van der Waals surface area contributed by atoms with Gasteiger partial charge in [0.1, 0.15) is 6.61 Å². The van der Waals surface area contributed by atoms with Crippen molar-refractivity contribution in [3.05, 3.63) is 33.8 Å². The zero-order valence-electron chi connectivity index (χ0n) is 11.1. The van der Waals surface area contributed by atoms with Crippen molar-refractivity contribution in [3.8, 4) is 0 Å². The summed E-state index contributed by atoms with van der Waals surface area (Å²) in [5.41, 5.74) is 0.196. The molecule has 0 radical (unpaired) electrons. The van der Waals surface area contributed by atoms with Crippen molar-refractivity contribution in [2.24, 2.45) is 5.16 Å². The molecule has 0 saturated heterocycles. The Morgan fingerprint density at radius 3 is 2.52 bits per heavy atom. The van der Waals surface area contributed by atoms with E-state index >= 15 is 0 Å². The average molecular weight is 353 g/mol. The third-order valence-corrected chi connectivity index (χ3v) is 3.21. The Morgan fingerprint density at radius 2 is 1.95 bits per heavy atom. The van der Waals surface area contributed by atoms with E-state index in [2.05, 4.69) is 5.16 Å². The van der Waals surface area contributed by atoms with Gasteiger partial charge in [0.2, 0.25) is 11.5 Å². The molecule has 0 amide bonds. The van der Waals surface area contributed by atoms with Crippen molar-refractivity contribution in [3.63, 3.8) is 0 Å². The summed E-state index contributed by atoms with van der Waals surface area (Å²) in [5.74, 6) is -1.95. The highest BCUT2D eigenvalue weighted by atomic mass is 35.5. The normalized spacial score (nSPS) is 11.1. The quantitative estimate of drug-likeness (QED) is 0.248. The number of carbonyl (C=O) groups excluding carboxylic acids is 2. The molecule has 0 aliphatic heterocycles. The molecule has 0 N–H and O–H groups in total. The SMILES string of the molecule is CCOC(=O)/C(=N\OCc1ccc(Cl)c(Cl)c1)C(=O)CCl. The van der Waals surface area contributed by atoms with Gasteiger partial charge in [0.25, 0.3) is 0 Å². The molecule has 5 nitrogen and oxygen atoms in total. The summed E-state index contributed by atoms with van der Waals surface area (Å²) >= 11 is 17.0. The Hall–Kier alpha value is -1.30. The molecule has 0 spiro atoms. The lowest BCUT2D eigenvalue weighted by Crippen LogP contribution is -2.27. The molecule has 0 aliphatic carbocycles. The number of halogens is 3. The number of Topliss-reactive ketones (excluding diaryl/α,β-unsaturated/α-hetero) is 1. The summed E-state index contributed by atoms with van der Waals surface area (Å²) in [6.07, 6.45) is 0. The Balaban J connectivity index is 2.75. The number of nitrogens with zero attached hydrogens (tertiary/aromatic N) is 1. The molecular weight excluding hydrogens is 341 g/mol. The number of rotatable bonds is 7. The summed E-state index contributed by atoms with van der Waals surface area (Å²) in [6.45, 7) is 1.73. The molecule has 1 aromatic carbocycles. The van der Waals surface area contributed by atoms with Crippen LogP contribution >= 0.6 is 34.8 Å². The number of ether oxygens (including phenoxy) is 1. The largest absolute Gasteiger partial charge is 0.461 e. The van der Waals surface area contributed by atoms with Crippen LogP contribution in [0.25, 0.3) is 0 Å². The van der Waals surface area contributed by atoms with E-state index in [4.69, 9.17) is 44.4 Å². The molecule has 114 valence electrons. The molecule has 0 unspecified atom stereocenters. The summed E-state index contributed by atoms with van der Waals surface area (Å²) in [4.78, 5) is 28.0. The third kappa shape index (κ3) is 5.53. The van der Waals surface area contributed by atoms with Crippen LogP contribution in [-0.2, 0) is 25.8 Å². The minimum atomic E-state index is -0.878. The monoisotopic (exact) mass is 351 g/mol. The number of esters is 1. The van der Waals surface area contributed by atoms with E-state index in [9.17, 15) is 9.59 Å². The van der Waals surface area contributed by atoms with Gasteiger partial charge in [-0.15, -0.1) is 11.6 Å². The topological polar surface area (TPSA) is 65.0 Å². The van der Waals surface area contributed by atoms with E-state index in [0.717, 1.165) is 0 Å². The molecule has 8 heteroatoms. The lowest BCUT2D eigenvalue weighted by Gasteiger charge is -2.05. The molecule has 0 bridgehead atoms. The summed E-state index contributed by atoms with van der Waals surface area (Å²) < 4.78 is 4.70. The van der Waals surface area contributed by atoms with Gasteiger partial charge in [-0.2, -0.15) is 0 Å². The average Bonchev–Trinajstić information content (AvgIpc) is 2.46. The van der Waals surface area contributed by atoms with Crippen LogP contribution in [0, 0.1) is 0 Å². The van der Waals surface area contributed by atoms with Crippen molar-refractivity contribution in [1.29, 1.82) is 0 Å². The smallest absolute Gasteiger partial charge is 0.364 e. The van der Waals surface area contributed by atoms with Crippen molar-refractivity contribution in [2.75, 3.05) is 12.5 Å². The second-order valence-electron chi connectivity index (χ2n) is 3.74. The van der Waals surface area contributed by atoms with Gasteiger partial charge in [0, 0.05) is 0 Å². The molecule has 0 fully saturated rings. The lowest BCUT2D eigenvalue weighted by atomic mass is 10.2. The summed E-state index contributed by atoms with van der Waals surface area (Å²) in [5, 5.41) is 4.27. The van der Waals surface area contributed by atoms with Crippen molar-refractivity contribution < 1.29 is 19.2 Å². The number of oxime groups is 1.